The van der Waals surface area contributed by atoms with Crippen LogP contribution in [0, 0.1) is 6.85 Å². The minimum Gasteiger partial charge on any atom is -0.457 e. The predicted octanol–water partition coefficient (Wildman–Crippen LogP) is 19.5. The van der Waals surface area contributed by atoms with E-state index in [0.717, 1.165) is 57.7 Å². The Kier molecular flexibility index (Phi) is 8.83. The molecule has 0 spiro atoms. The summed E-state index contributed by atoms with van der Waals surface area (Å²) in [6.07, 6.45) is 3.57. The van der Waals surface area contributed by atoms with Crippen molar-refractivity contribution in [1.29, 1.82) is 0 Å². The summed E-state index contributed by atoms with van der Waals surface area (Å²) in [6, 6.07) is 37.7. The first-order chi connectivity index (χ1) is 41.3. The largest absolute Gasteiger partial charge is 0.457 e. The molecule has 3 heterocycles. The van der Waals surface area contributed by atoms with Crippen molar-refractivity contribution in [2.24, 2.45) is 0 Å². The van der Waals surface area contributed by atoms with Gasteiger partial charge in [0.25, 0.3) is 0 Å². The normalized spacial score (nSPS) is 17.4. The van der Waals surface area contributed by atoms with Gasteiger partial charge in [0.1, 0.15) is 24.0 Å². The number of aromatic nitrogens is 2. The SMILES string of the molecule is [2H]c1c([2H])c([2H])c(-c2cccc(-c3cc(C(C)(C)C)cc(C(C)(C)C)c3)c2N2CN(c3cccc(Oc4ccc5c6c([2H])c([2H])c([2H])c([2H])c6n(-c6cc(C([2H])([2H])[2H])c(-c7ccc8c(c7)C(C)(C)CCC8(C)C)cn6)c5c4)c3)c3ccccc32)c([2H])c1[2H]. The highest BCUT2D eigenvalue weighted by Crippen LogP contribution is 2.52. The number of rotatable bonds is 8. The number of fused-ring (bicyclic) bond motifs is 5. The van der Waals surface area contributed by atoms with Crippen molar-refractivity contribution in [3.05, 3.63) is 216 Å². The van der Waals surface area contributed by atoms with E-state index >= 15 is 0 Å². The molecule has 0 amide bonds. The summed E-state index contributed by atoms with van der Waals surface area (Å²) in [5, 5.41) is 0.737. The number of anilines is 4. The summed E-state index contributed by atoms with van der Waals surface area (Å²) in [5.41, 5.74) is 11.2. The summed E-state index contributed by atoms with van der Waals surface area (Å²) in [7, 11) is 0. The number of para-hydroxylation sites is 4. The Morgan fingerprint density at radius 1 is 0.539 bits per heavy atom. The summed E-state index contributed by atoms with van der Waals surface area (Å²) in [4.78, 5) is 9.24. The van der Waals surface area contributed by atoms with Crippen LogP contribution < -0.4 is 14.5 Å². The fraction of sp³-hybridized carbons (Fsp3) is 0.254. The van der Waals surface area contributed by atoms with Crippen molar-refractivity contribution < 1.29 is 21.2 Å². The van der Waals surface area contributed by atoms with E-state index in [2.05, 4.69) is 109 Å². The molecule has 0 atom stereocenters. The van der Waals surface area contributed by atoms with Crippen LogP contribution in [0.3, 0.4) is 0 Å². The van der Waals surface area contributed by atoms with Crippen LogP contribution in [0.5, 0.6) is 11.5 Å². The minimum absolute atomic E-state index is 0.0469. The van der Waals surface area contributed by atoms with Crippen LogP contribution in [0.25, 0.3) is 61.0 Å². The summed E-state index contributed by atoms with van der Waals surface area (Å²) in [6.45, 7) is 19.7. The lowest BCUT2D eigenvalue weighted by atomic mass is 9.63. The van der Waals surface area contributed by atoms with E-state index in [-0.39, 0.29) is 80.3 Å². The van der Waals surface area contributed by atoms with Crippen LogP contribution in [0.1, 0.15) is 126 Å². The summed E-state index contributed by atoms with van der Waals surface area (Å²) >= 11 is 0. The molecule has 5 heteroatoms. The highest BCUT2D eigenvalue weighted by Gasteiger charge is 2.37. The highest BCUT2D eigenvalue weighted by atomic mass is 16.5. The number of ether oxygens (including phenoxy) is 1. The molecule has 2 aliphatic rings. The number of pyridine rings is 1. The standard InChI is InChI=1S/C71H70N4O/c1-46-37-66(72-44-59(46)48-31-34-60-61(40-48)71(10,11)36-35-70(60,8)9)75-62-28-16-15-25-57(62)58-33-32-54(43-65(58)75)76-53-24-19-23-52(42-53)73-45-74(64-30-18-17-29-63(64)73)67-55(47-21-13-12-14-22-47)26-20-27-56(67)49-38-50(68(2,3)4)41-51(39-49)69(5,6)7/h12-34,37-44H,35-36,45H2,1-11H3/i1D3,12D,13D,14D,15D,16D,21D,22D,25D,28D. The van der Waals surface area contributed by atoms with E-state index in [0.29, 0.717) is 39.2 Å². The lowest BCUT2D eigenvalue weighted by molar-refractivity contribution is 0.332. The lowest BCUT2D eigenvalue weighted by Gasteiger charge is -2.42. The summed E-state index contributed by atoms with van der Waals surface area (Å²) < 4.78 is 116. The first-order valence-electron chi connectivity index (χ1n) is 32.3. The van der Waals surface area contributed by atoms with Crippen LogP contribution in [-0.2, 0) is 21.7 Å². The van der Waals surface area contributed by atoms with Crippen molar-refractivity contribution in [3.63, 3.8) is 0 Å². The molecule has 5 nitrogen and oxygen atoms in total. The Labute approximate surface area is 467 Å². The van der Waals surface area contributed by atoms with Crippen LogP contribution in [0.4, 0.5) is 22.7 Å². The van der Waals surface area contributed by atoms with Crippen molar-refractivity contribution in [2.45, 2.75) is 111 Å². The zero-order chi connectivity index (χ0) is 63.2. The Balaban J connectivity index is 0.975. The van der Waals surface area contributed by atoms with Gasteiger partial charge in [-0.3, -0.25) is 4.57 Å². The molecular weight excluding hydrogens is 925 g/mol. The zero-order valence-electron chi connectivity index (χ0n) is 57.0. The third-order valence-corrected chi connectivity index (χ3v) is 15.8. The van der Waals surface area contributed by atoms with Crippen molar-refractivity contribution in [2.75, 3.05) is 16.5 Å². The molecule has 0 radical (unpaired) electrons. The first-order valence-corrected chi connectivity index (χ1v) is 26.3. The third kappa shape index (κ3) is 8.64. The third-order valence-electron chi connectivity index (χ3n) is 15.8. The topological polar surface area (TPSA) is 33.5 Å². The molecule has 380 valence electrons. The van der Waals surface area contributed by atoms with E-state index in [1.807, 2.05) is 72.8 Å². The van der Waals surface area contributed by atoms with E-state index in [1.54, 1.807) is 29.0 Å². The number of hydrogen-bond donors (Lipinski definition) is 0. The second kappa shape index (κ2) is 18.2. The lowest BCUT2D eigenvalue weighted by Crippen LogP contribution is -2.33. The Bertz CT molecular complexity index is 4490. The Morgan fingerprint density at radius 3 is 1.92 bits per heavy atom. The molecule has 12 rings (SSSR count). The van der Waals surface area contributed by atoms with E-state index in [4.69, 9.17) is 20.7 Å². The van der Waals surface area contributed by atoms with E-state index < -0.39 is 37.1 Å². The van der Waals surface area contributed by atoms with Gasteiger partial charge in [-0.2, -0.15) is 0 Å². The molecule has 2 aromatic heterocycles. The number of hydrogen-bond acceptors (Lipinski definition) is 4. The average molecular weight is 1010 g/mol. The van der Waals surface area contributed by atoms with Gasteiger partial charge in [0.15, 0.2) is 0 Å². The fourth-order valence-corrected chi connectivity index (χ4v) is 11.3. The average Bonchev–Trinajstić information content (AvgIpc) is 1.54. The molecule has 1 aliphatic heterocycles. The Morgan fingerprint density at radius 2 is 1.20 bits per heavy atom. The smallest absolute Gasteiger partial charge is 0.137 e. The molecule has 1 aliphatic carbocycles. The second-order valence-corrected chi connectivity index (χ2v) is 23.9. The quantitative estimate of drug-likeness (QED) is 0.152. The second-order valence-electron chi connectivity index (χ2n) is 23.9. The molecule has 76 heavy (non-hydrogen) atoms. The maximum absolute atomic E-state index is 9.31. The van der Waals surface area contributed by atoms with Crippen molar-refractivity contribution in [1.82, 2.24) is 9.55 Å². The predicted molar refractivity (Wildman–Crippen MR) is 321 cm³/mol. The molecular formula is C71H70N4O. The van der Waals surface area contributed by atoms with Crippen LogP contribution in [0.2, 0.25) is 0 Å². The monoisotopic (exact) mass is 1010 g/mol. The van der Waals surface area contributed by atoms with Gasteiger partial charge in [0.2, 0.25) is 0 Å². The van der Waals surface area contributed by atoms with Gasteiger partial charge in [-0.15, -0.1) is 0 Å². The van der Waals surface area contributed by atoms with Gasteiger partial charge in [-0.05, 0) is 134 Å². The Hall–Kier alpha value is -7.89. The van der Waals surface area contributed by atoms with Crippen molar-refractivity contribution >= 4 is 44.6 Å². The molecule has 0 saturated heterocycles. The van der Waals surface area contributed by atoms with Gasteiger partial charge in [-0.25, -0.2) is 4.98 Å². The first kappa shape index (κ1) is 37.0. The fourth-order valence-electron chi connectivity index (χ4n) is 11.3. The molecule has 0 saturated carbocycles. The molecule has 8 aromatic carbocycles. The highest BCUT2D eigenvalue weighted by molar-refractivity contribution is 6.09. The molecule has 10 aromatic rings. The van der Waals surface area contributed by atoms with Crippen molar-refractivity contribution in [3.8, 4) is 50.7 Å². The van der Waals surface area contributed by atoms with Crippen LogP contribution in [-0.4, -0.2) is 16.2 Å². The number of aryl methyl sites for hydroxylation is 1. The molecule has 0 fully saturated rings. The van der Waals surface area contributed by atoms with Crippen LogP contribution in [0.15, 0.2) is 188 Å². The van der Waals surface area contributed by atoms with Crippen LogP contribution >= 0.6 is 0 Å². The van der Waals surface area contributed by atoms with Gasteiger partial charge in [-0.1, -0.05) is 190 Å². The molecule has 0 bridgehead atoms. The summed E-state index contributed by atoms with van der Waals surface area (Å²) in [5.74, 6) is 0.977. The van der Waals surface area contributed by atoms with Gasteiger partial charge in [0, 0.05) is 55.6 Å². The maximum Gasteiger partial charge on any atom is 0.137 e. The van der Waals surface area contributed by atoms with E-state index in [1.165, 1.54) is 17.2 Å². The van der Waals surface area contributed by atoms with Gasteiger partial charge in [0.05, 0.1) is 40.4 Å². The maximum atomic E-state index is 9.31. The zero-order valence-corrected chi connectivity index (χ0v) is 45.0. The van der Waals surface area contributed by atoms with Gasteiger partial charge < -0.3 is 14.5 Å². The molecule has 0 N–H and O–H groups in total. The molecule has 0 unspecified atom stereocenters. The van der Waals surface area contributed by atoms with Gasteiger partial charge >= 0.3 is 0 Å². The van der Waals surface area contributed by atoms with E-state index in [9.17, 15) is 5.48 Å². The number of nitrogens with zero attached hydrogens (tertiary/aromatic N) is 4. The number of benzene rings is 8. The minimum atomic E-state index is -2.60.